The van der Waals surface area contributed by atoms with Crippen LogP contribution in [-0.4, -0.2) is 34.9 Å². The average molecular weight is 365 g/mol. The van der Waals surface area contributed by atoms with Gasteiger partial charge in [-0.15, -0.1) is 0 Å². The number of rotatable bonds is 6. The van der Waals surface area contributed by atoms with E-state index in [1.165, 1.54) is 30.5 Å². The van der Waals surface area contributed by atoms with Crippen molar-refractivity contribution in [2.45, 2.75) is 38.8 Å². The molecule has 0 atom stereocenters. The molecule has 5 nitrogen and oxygen atoms in total. The Hall–Kier alpha value is -2.53. The molecule has 0 saturated carbocycles. The minimum Gasteiger partial charge on any atom is -0.497 e. The molecule has 3 aromatic rings. The maximum absolute atomic E-state index is 9.87. The van der Waals surface area contributed by atoms with Crippen LogP contribution in [0.25, 0.3) is 11.0 Å². The van der Waals surface area contributed by atoms with Crippen LogP contribution in [0, 0.1) is 0 Å². The molecule has 1 aliphatic heterocycles. The lowest BCUT2D eigenvalue weighted by molar-refractivity contribution is 0.266. The summed E-state index contributed by atoms with van der Waals surface area (Å²) in [4.78, 5) is 7.24. The monoisotopic (exact) mass is 365 g/mol. The smallest absolute Gasteiger partial charge is 0.135 e. The summed E-state index contributed by atoms with van der Waals surface area (Å²) in [6, 6.07) is 14.6. The van der Waals surface area contributed by atoms with Crippen molar-refractivity contribution in [1.82, 2.24) is 9.55 Å². The zero-order valence-electron chi connectivity index (χ0n) is 15.9. The summed E-state index contributed by atoms with van der Waals surface area (Å²) in [6.07, 6.45) is 4.67. The summed E-state index contributed by atoms with van der Waals surface area (Å²) in [7, 11) is 1.68. The zero-order chi connectivity index (χ0) is 18.6. The van der Waals surface area contributed by atoms with Gasteiger partial charge in [-0.2, -0.15) is 0 Å². The fraction of sp³-hybridized carbons (Fsp3) is 0.409. The third-order valence-electron chi connectivity index (χ3n) is 5.46. The Bertz CT molecular complexity index is 896. The van der Waals surface area contributed by atoms with E-state index in [-0.39, 0.29) is 6.61 Å². The van der Waals surface area contributed by atoms with E-state index in [1.54, 1.807) is 7.11 Å². The van der Waals surface area contributed by atoms with E-state index in [2.05, 4.69) is 39.8 Å². The van der Waals surface area contributed by atoms with Crippen LogP contribution < -0.4 is 9.64 Å². The van der Waals surface area contributed by atoms with Gasteiger partial charge in [-0.3, -0.25) is 0 Å². The van der Waals surface area contributed by atoms with Gasteiger partial charge < -0.3 is 19.3 Å². The number of benzene rings is 2. The first kappa shape index (κ1) is 17.9. The van der Waals surface area contributed by atoms with Gasteiger partial charge in [-0.25, -0.2) is 4.98 Å². The number of nitrogens with zero attached hydrogens (tertiary/aromatic N) is 3. The van der Waals surface area contributed by atoms with Gasteiger partial charge in [0.1, 0.15) is 23.7 Å². The number of hydrogen-bond donors (Lipinski definition) is 1. The van der Waals surface area contributed by atoms with Crippen molar-refractivity contribution in [2.75, 3.05) is 25.1 Å². The van der Waals surface area contributed by atoms with E-state index >= 15 is 0 Å². The first-order chi connectivity index (χ1) is 13.3. The van der Waals surface area contributed by atoms with Crippen LogP contribution in [0.3, 0.4) is 0 Å². The minimum atomic E-state index is -0.0449. The van der Waals surface area contributed by atoms with Gasteiger partial charge in [0, 0.05) is 19.6 Å². The maximum Gasteiger partial charge on any atom is 0.135 e. The number of aliphatic hydroxyl groups is 1. The molecule has 0 radical (unpaired) electrons. The molecule has 4 rings (SSSR count). The Kier molecular flexibility index (Phi) is 5.30. The average Bonchev–Trinajstić information content (AvgIpc) is 3.11. The van der Waals surface area contributed by atoms with Crippen LogP contribution in [0.1, 0.15) is 30.7 Å². The number of ether oxygens (including phenoxy) is 1. The topological polar surface area (TPSA) is 50.5 Å². The van der Waals surface area contributed by atoms with E-state index < -0.39 is 0 Å². The Morgan fingerprint density at radius 1 is 1.04 bits per heavy atom. The van der Waals surface area contributed by atoms with Gasteiger partial charge in [0.2, 0.25) is 0 Å². The molecule has 2 heterocycles. The predicted octanol–water partition coefficient (Wildman–Crippen LogP) is 3.77. The highest BCUT2D eigenvalue weighted by Gasteiger charge is 2.18. The highest BCUT2D eigenvalue weighted by molar-refractivity contribution is 5.89. The number of aliphatic hydroxyl groups excluding tert-OH is 1. The summed E-state index contributed by atoms with van der Waals surface area (Å²) < 4.78 is 7.39. The minimum absolute atomic E-state index is 0.0449. The third kappa shape index (κ3) is 3.65. The van der Waals surface area contributed by atoms with Gasteiger partial charge in [-0.05, 0) is 55.5 Å². The first-order valence-electron chi connectivity index (χ1n) is 9.77. The predicted molar refractivity (Wildman–Crippen MR) is 108 cm³/mol. The molecule has 1 fully saturated rings. The standard InChI is InChI=1S/C22H27N3O2/c1-27-18-10-8-17(9-11-18)12-15-25-20-7-5-6-19(22(20)23-21(25)16-26)24-13-3-2-4-14-24/h5-11,26H,2-4,12-16H2,1H3. The van der Waals surface area contributed by atoms with Crippen LogP contribution in [0.4, 0.5) is 5.69 Å². The van der Waals surface area contributed by atoms with Gasteiger partial charge in [0.25, 0.3) is 0 Å². The molecule has 1 aromatic heterocycles. The summed E-state index contributed by atoms with van der Waals surface area (Å²) in [5.74, 6) is 1.61. The lowest BCUT2D eigenvalue weighted by Gasteiger charge is -2.29. The molecule has 27 heavy (non-hydrogen) atoms. The normalized spacial score (nSPS) is 14.7. The van der Waals surface area contributed by atoms with Crippen LogP contribution in [0.5, 0.6) is 5.75 Å². The van der Waals surface area contributed by atoms with Crippen molar-refractivity contribution in [3.8, 4) is 5.75 Å². The van der Waals surface area contributed by atoms with Crippen molar-refractivity contribution in [2.24, 2.45) is 0 Å². The Morgan fingerprint density at radius 3 is 2.52 bits per heavy atom. The molecular formula is C22H27N3O2. The molecule has 0 unspecified atom stereocenters. The number of para-hydroxylation sites is 1. The summed E-state index contributed by atoms with van der Waals surface area (Å²) in [5.41, 5.74) is 4.56. The van der Waals surface area contributed by atoms with Crippen LogP contribution in [0.15, 0.2) is 42.5 Å². The quantitative estimate of drug-likeness (QED) is 0.722. The first-order valence-corrected chi connectivity index (χ1v) is 9.77. The van der Waals surface area contributed by atoms with Crippen molar-refractivity contribution >= 4 is 16.7 Å². The summed E-state index contributed by atoms with van der Waals surface area (Å²) in [5, 5.41) is 9.87. The molecule has 2 aromatic carbocycles. The molecule has 0 bridgehead atoms. The maximum atomic E-state index is 9.87. The van der Waals surface area contributed by atoms with Crippen molar-refractivity contribution in [3.63, 3.8) is 0 Å². The van der Waals surface area contributed by atoms with Crippen molar-refractivity contribution < 1.29 is 9.84 Å². The second kappa shape index (κ2) is 8.01. The number of imidazole rings is 1. The number of methoxy groups -OCH3 is 1. The van der Waals surface area contributed by atoms with Gasteiger partial charge in [-0.1, -0.05) is 18.2 Å². The van der Waals surface area contributed by atoms with Gasteiger partial charge in [0.15, 0.2) is 0 Å². The number of anilines is 1. The summed E-state index contributed by atoms with van der Waals surface area (Å²) in [6.45, 7) is 2.93. The third-order valence-corrected chi connectivity index (χ3v) is 5.46. The molecule has 142 valence electrons. The molecule has 5 heteroatoms. The Balaban J connectivity index is 1.63. The van der Waals surface area contributed by atoms with Crippen molar-refractivity contribution in [1.29, 1.82) is 0 Å². The molecule has 1 saturated heterocycles. The molecule has 1 aliphatic rings. The second-order valence-corrected chi connectivity index (χ2v) is 7.13. The van der Waals surface area contributed by atoms with E-state index in [1.807, 2.05) is 12.1 Å². The van der Waals surface area contributed by atoms with Crippen LogP contribution in [-0.2, 0) is 19.6 Å². The van der Waals surface area contributed by atoms with E-state index in [9.17, 15) is 5.11 Å². The van der Waals surface area contributed by atoms with E-state index in [0.29, 0.717) is 0 Å². The van der Waals surface area contributed by atoms with Gasteiger partial charge in [0.05, 0.1) is 18.3 Å². The lowest BCUT2D eigenvalue weighted by atomic mass is 10.1. The van der Waals surface area contributed by atoms with E-state index in [0.717, 1.165) is 48.7 Å². The highest BCUT2D eigenvalue weighted by Crippen LogP contribution is 2.29. The van der Waals surface area contributed by atoms with Crippen molar-refractivity contribution in [3.05, 3.63) is 53.9 Å². The Labute approximate surface area is 160 Å². The molecule has 0 amide bonds. The SMILES string of the molecule is COc1ccc(CCn2c(CO)nc3c(N4CCCCC4)cccc32)cc1. The molecule has 0 aliphatic carbocycles. The van der Waals surface area contributed by atoms with Crippen LogP contribution >= 0.6 is 0 Å². The van der Waals surface area contributed by atoms with Gasteiger partial charge >= 0.3 is 0 Å². The summed E-state index contributed by atoms with van der Waals surface area (Å²) >= 11 is 0. The number of piperidine rings is 1. The molecule has 0 spiro atoms. The fourth-order valence-corrected chi connectivity index (χ4v) is 3.97. The number of fused-ring (bicyclic) bond motifs is 1. The number of hydrogen-bond acceptors (Lipinski definition) is 4. The Morgan fingerprint density at radius 2 is 1.81 bits per heavy atom. The number of aromatic nitrogens is 2. The second-order valence-electron chi connectivity index (χ2n) is 7.13. The zero-order valence-corrected chi connectivity index (χ0v) is 15.9. The highest BCUT2D eigenvalue weighted by atomic mass is 16.5. The van der Waals surface area contributed by atoms with E-state index in [4.69, 9.17) is 9.72 Å². The van der Waals surface area contributed by atoms with Crippen LogP contribution in [0.2, 0.25) is 0 Å². The lowest BCUT2D eigenvalue weighted by Crippen LogP contribution is -2.29. The number of aryl methyl sites for hydroxylation is 2. The fourth-order valence-electron chi connectivity index (χ4n) is 3.97. The molecular weight excluding hydrogens is 338 g/mol. The molecule has 1 N–H and O–H groups in total. The largest absolute Gasteiger partial charge is 0.497 e.